The van der Waals surface area contributed by atoms with Gasteiger partial charge in [0.25, 0.3) is 5.91 Å². The van der Waals surface area contributed by atoms with Crippen LogP contribution in [0.1, 0.15) is 29.8 Å². The van der Waals surface area contributed by atoms with Gasteiger partial charge in [-0.05, 0) is 59.5 Å². The Labute approximate surface area is 289 Å². The fourth-order valence-electron chi connectivity index (χ4n) is 3.92. The third-order valence-electron chi connectivity index (χ3n) is 6.50. The maximum Gasteiger partial charge on any atom is 0.422 e. The monoisotopic (exact) mass is 718 g/mol. The fraction of sp³-hybridized carbons (Fsp3) is 0.250. The molecule has 2 aromatic heterocycles. The summed E-state index contributed by atoms with van der Waals surface area (Å²) in [6.07, 6.45) is -3.30. The molecule has 17 heteroatoms. The predicted octanol–water partition coefficient (Wildman–Crippen LogP) is 5.99. The summed E-state index contributed by atoms with van der Waals surface area (Å²) in [4.78, 5) is 49.5. The van der Waals surface area contributed by atoms with Crippen LogP contribution in [0.5, 0.6) is 6.01 Å². The van der Waals surface area contributed by atoms with E-state index in [1.165, 1.54) is 24.4 Å². The van der Waals surface area contributed by atoms with Crippen molar-refractivity contribution in [2.75, 3.05) is 35.6 Å². The van der Waals surface area contributed by atoms with Crippen molar-refractivity contribution in [1.82, 2.24) is 25.6 Å². The predicted molar refractivity (Wildman–Crippen MR) is 179 cm³/mol. The number of pyridine rings is 1. The van der Waals surface area contributed by atoms with E-state index in [1.807, 2.05) is 0 Å². The quantitative estimate of drug-likeness (QED) is 0.105. The second-order valence-electron chi connectivity index (χ2n) is 11.4. The number of nitrogens with one attached hydrogen (secondary N) is 5. The van der Waals surface area contributed by atoms with Gasteiger partial charge in [-0.2, -0.15) is 23.1 Å². The number of carbonyl (C=O) groups excluding carboxylic acids is 3. The number of rotatable bonds is 13. The maximum atomic E-state index is 12.8. The maximum absolute atomic E-state index is 12.8. The topological polar surface area (TPSA) is 159 Å². The van der Waals surface area contributed by atoms with Crippen LogP contribution in [0.3, 0.4) is 0 Å². The first kappa shape index (κ1) is 36.7. The Hall–Kier alpha value is -5.15. The third-order valence-corrected chi connectivity index (χ3v) is 7.01. The number of nitrogens with zero attached hydrogens (tertiary/aromatic N) is 3. The second kappa shape index (κ2) is 16.3. The van der Waals surface area contributed by atoms with Crippen LogP contribution < -0.4 is 31.3 Å². The highest BCUT2D eigenvalue weighted by Gasteiger charge is 2.29. The van der Waals surface area contributed by atoms with E-state index in [4.69, 9.17) is 27.9 Å². The Bertz CT molecular complexity index is 1760. The molecule has 0 saturated heterocycles. The van der Waals surface area contributed by atoms with Crippen molar-refractivity contribution < 1.29 is 32.3 Å². The summed E-state index contributed by atoms with van der Waals surface area (Å²) in [6, 6.07) is 17.2. The lowest BCUT2D eigenvalue weighted by Gasteiger charge is -2.25. The number of hydrogen-bond donors (Lipinski definition) is 5. The summed E-state index contributed by atoms with van der Waals surface area (Å²) in [5.74, 6) is -1.63. The minimum atomic E-state index is -4.60. The smallest absolute Gasteiger partial charge is 0.422 e. The van der Waals surface area contributed by atoms with E-state index in [9.17, 15) is 27.6 Å². The first-order valence-electron chi connectivity index (χ1n) is 14.6. The first-order chi connectivity index (χ1) is 23.1. The average Bonchev–Trinajstić information content (AvgIpc) is 3.06. The molecule has 0 fully saturated rings. The molecule has 5 N–H and O–H groups in total. The number of aromatic nitrogens is 3. The summed E-state index contributed by atoms with van der Waals surface area (Å²) in [5.41, 5.74) is 0.847. The molecule has 258 valence electrons. The van der Waals surface area contributed by atoms with E-state index in [2.05, 4.69) is 41.5 Å². The normalized spacial score (nSPS) is 11.3. The second-order valence-corrected chi connectivity index (χ2v) is 12.2. The van der Waals surface area contributed by atoms with Gasteiger partial charge >= 0.3 is 24.0 Å². The molecule has 2 heterocycles. The van der Waals surface area contributed by atoms with Gasteiger partial charge in [-0.3, -0.25) is 14.4 Å². The lowest BCUT2D eigenvalue weighted by Crippen LogP contribution is -2.44. The zero-order chi connectivity index (χ0) is 35.6. The van der Waals surface area contributed by atoms with Crippen molar-refractivity contribution in [3.63, 3.8) is 0 Å². The molecule has 2 aromatic carbocycles. The van der Waals surface area contributed by atoms with Crippen molar-refractivity contribution in [3.05, 3.63) is 94.1 Å². The first-order valence-corrected chi connectivity index (χ1v) is 15.3. The molecule has 4 rings (SSSR count). The van der Waals surface area contributed by atoms with E-state index < -0.39 is 41.9 Å². The number of amides is 3. The van der Waals surface area contributed by atoms with Crippen LogP contribution in [0, 0.1) is 5.41 Å². The molecule has 0 atom stereocenters. The Kier molecular flexibility index (Phi) is 12.2. The van der Waals surface area contributed by atoms with Gasteiger partial charge in [-0.1, -0.05) is 49.2 Å². The van der Waals surface area contributed by atoms with Gasteiger partial charge < -0.3 is 31.3 Å². The van der Waals surface area contributed by atoms with Gasteiger partial charge in [-0.25, -0.2) is 4.98 Å². The van der Waals surface area contributed by atoms with E-state index in [-0.39, 0.29) is 42.7 Å². The molecule has 4 aromatic rings. The van der Waals surface area contributed by atoms with Gasteiger partial charge in [0.15, 0.2) is 6.61 Å². The summed E-state index contributed by atoms with van der Waals surface area (Å²) < 4.78 is 43.1. The standard InChI is InChI=1S/C32H31Cl2F3N8O4/c1-31(2,17-41-28(47)29(48)42-23-10-8-22(34)9-11-23)16-40-27(46)20-5-12-24(39-15-20)43-26-13-25(38-14-19-3-6-21(33)7-4-19)44-30(45-26)49-18-32(35,36)37/h3-13,15H,14,16-18H2,1-2H3,(H,40,46)(H,41,47)(H,42,48)(H2,38,39,43,44,45). The zero-order valence-electron chi connectivity index (χ0n) is 26.1. The molecular formula is C32H31Cl2F3N8O4. The van der Waals surface area contributed by atoms with Crippen molar-refractivity contribution in [3.8, 4) is 6.01 Å². The lowest BCUT2D eigenvalue weighted by atomic mass is 9.93. The largest absolute Gasteiger partial charge is 0.454 e. The van der Waals surface area contributed by atoms with Crippen molar-refractivity contribution in [1.29, 1.82) is 0 Å². The van der Waals surface area contributed by atoms with Crippen LogP contribution in [0.15, 0.2) is 72.9 Å². The Morgan fingerprint density at radius 2 is 1.43 bits per heavy atom. The molecule has 0 aliphatic heterocycles. The van der Waals surface area contributed by atoms with Crippen molar-refractivity contribution in [2.24, 2.45) is 5.41 Å². The van der Waals surface area contributed by atoms with Crippen molar-refractivity contribution >= 4 is 64.1 Å². The lowest BCUT2D eigenvalue weighted by molar-refractivity contribution is -0.154. The summed E-state index contributed by atoms with van der Waals surface area (Å²) >= 11 is 11.7. The molecule has 0 aliphatic carbocycles. The van der Waals surface area contributed by atoms with Crippen LogP contribution in [-0.2, 0) is 16.1 Å². The van der Waals surface area contributed by atoms with Gasteiger partial charge in [0.2, 0.25) is 0 Å². The van der Waals surface area contributed by atoms with Crippen molar-refractivity contribution in [2.45, 2.75) is 26.6 Å². The van der Waals surface area contributed by atoms with E-state index in [0.29, 0.717) is 15.7 Å². The summed E-state index contributed by atoms with van der Waals surface area (Å²) in [7, 11) is 0. The van der Waals surface area contributed by atoms with E-state index >= 15 is 0 Å². The highest BCUT2D eigenvalue weighted by molar-refractivity contribution is 6.39. The number of anilines is 4. The third kappa shape index (κ3) is 12.4. The molecule has 3 amide bonds. The van der Waals surface area contributed by atoms with E-state index in [1.54, 1.807) is 62.4 Å². The van der Waals surface area contributed by atoms with Crippen LogP contribution in [0.2, 0.25) is 10.0 Å². The number of benzene rings is 2. The molecule has 0 radical (unpaired) electrons. The average molecular weight is 720 g/mol. The highest BCUT2D eigenvalue weighted by atomic mass is 35.5. The molecule has 0 aliphatic rings. The molecule has 49 heavy (non-hydrogen) atoms. The van der Waals surface area contributed by atoms with Gasteiger partial charge in [0.1, 0.15) is 17.5 Å². The highest BCUT2D eigenvalue weighted by Crippen LogP contribution is 2.23. The molecule has 0 bridgehead atoms. The van der Waals surface area contributed by atoms with Crippen LogP contribution in [0.4, 0.5) is 36.3 Å². The Balaban J connectivity index is 1.31. The summed E-state index contributed by atoms with van der Waals surface area (Å²) in [6.45, 7) is 2.53. The zero-order valence-corrected chi connectivity index (χ0v) is 27.6. The fourth-order valence-corrected chi connectivity index (χ4v) is 4.18. The number of ether oxygens (including phenoxy) is 1. The number of carbonyl (C=O) groups is 3. The molecule has 0 unspecified atom stereocenters. The SMILES string of the molecule is CC(C)(CNC(=O)C(=O)Nc1ccc(Cl)cc1)CNC(=O)c1ccc(Nc2cc(NCc3ccc(Cl)cc3)nc(OCC(F)(F)F)n2)nc1. The molecule has 12 nitrogen and oxygen atoms in total. The summed E-state index contributed by atoms with van der Waals surface area (Å²) in [5, 5.41) is 14.7. The Morgan fingerprint density at radius 3 is 2.06 bits per heavy atom. The van der Waals surface area contributed by atoms with E-state index in [0.717, 1.165) is 5.56 Å². The minimum absolute atomic E-state index is 0.0844. The van der Waals surface area contributed by atoms with Crippen LogP contribution >= 0.6 is 23.2 Å². The molecule has 0 saturated carbocycles. The number of halogens is 5. The van der Waals surface area contributed by atoms with Crippen LogP contribution in [-0.4, -0.2) is 58.5 Å². The minimum Gasteiger partial charge on any atom is -0.454 e. The van der Waals surface area contributed by atoms with Gasteiger partial charge in [0.05, 0.1) is 5.56 Å². The Morgan fingerprint density at radius 1 is 0.796 bits per heavy atom. The van der Waals surface area contributed by atoms with Crippen LogP contribution in [0.25, 0.3) is 0 Å². The molecule has 0 spiro atoms. The van der Waals surface area contributed by atoms with Gasteiger partial charge in [0, 0.05) is 47.6 Å². The van der Waals surface area contributed by atoms with Gasteiger partial charge in [-0.15, -0.1) is 0 Å². The number of hydrogen-bond acceptors (Lipinski definition) is 9. The molecular weight excluding hydrogens is 688 g/mol. The number of alkyl halides is 3.